The number of hydrogen-bond donors (Lipinski definition) is 1. The zero-order chi connectivity index (χ0) is 17.1. The van der Waals surface area contributed by atoms with Crippen molar-refractivity contribution in [2.45, 2.75) is 37.4 Å². The zero-order valence-electron chi connectivity index (χ0n) is 14.2. The van der Waals surface area contributed by atoms with Gasteiger partial charge in [0, 0.05) is 25.0 Å². The minimum absolute atomic E-state index is 0.115. The Bertz CT molecular complexity index is 529. The van der Waals surface area contributed by atoms with Gasteiger partial charge >= 0.3 is 0 Å². The molecule has 6 heteroatoms. The topological polar surface area (TPSA) is 72.6 Å². The number of nitrogens with zero attached hydrogens (tertiary/aromatic N) is 2. The summed E-state index contributed by atoms with van der Waals surface area (Å²) in [4.78, 5) is 10.3. The standard InChI is InChI=1S/C17H27N2O4/c1-19(2,3)12-13-23-17(20)10-8-15(9-11-17)14-4-6-16(7-5-14)18(21)22/h4-7,15,20H,8-13H2,1-3H3/q+1. The van der Waals surface area contributed by atoms with E-state index in [1.165, 1.54) is 0 Å². The van der Waals surface area contributed by atoms with Crippen molar-refractivity contribution in [2.24, 2.45) is 0 Å². The molecule has 1 aliphatic carbocycles. The Morgan fingerprint density at radius 2 is 1.83 bits per heavy atom. The minimum atomic E-state index is -1.02. The number of hydrogen-bond acceptors (Lipinski definition) is 4. The van der Waals surface area contributed by atoms with Gasteiger partial charge in [-0.3, -0.25) is 10.1 Å². The van der Waals surface area contributed by atoms with E-state index in [4.69, 9.17) is 4.74 Å². The lowest BCUT2D eigenvalue weighted by Crippen LogP contribution is -2.42. The lowest BCUT2D eigenvalue weighted by Gasteiger charge is -2.36. The highest BCUT2D eigenvalue weighted by Crippen LogP contribution is 2.38. The molecule has 0 radical (unpaired) electrons. The third kappa shape index (κ3) is 5.27. The number of nitro benzene ring substituents is 1. The van der Waals surface area contributed by atoms with Crippen LogP contribution in [0.2, 0.25) is 0 Å². The predicted octanol–water partition coefficient (Wildman–Crippen LogP) is 2.66. The van der Waals surface area contributed by atoms with Gasteiger partial charge in [0.1, 0.15) is 6.54 Å². The first-order valence-corrected chi connectivity index (χ1v) is 8.10. The van der Waals surface area contributed by atoms with Gasteiger partial charge in [-0.05, 0) is 24.3 Å². The van der Waals surface area contributed by atoms with Gasteiger partial charge in [0.25, 0.3) is 5.69 Å². The highest BCUT2D eigenvalue weighted by atomic mass is 16.6. The van der Waals surface area contributed by atoms with Crippen LogP contribution in [0.1, 0.15) is 37.2 Å². The lowest BCUT2D eigenvalue weighted by molar-refractivity contribution is -0.871. The van der Waals surface area contributed by atoms with Crippen LogP contribution in [0.4, 0.5) is 5.69 Å². The third-order valence-electron chi connectivity index (χ3n) is 4.48. The molecule has 0 saturated heterocycles. The Balaban J connectivity index is 1.86. The molecule has 0 unspecified atom stereocenters. The van der Waals surface area contributed by atoms with Gasteiger partial charge in [0.15, 0.2) is 5.79 Å². The summed E-state index contributed by atoms with van der Waals surface area (Å²) in [7, 11) is 6.29. The predicted molar refractivity (Wildman–Crippen MR) is 88.1 cm³/mol. The molecular weight excluding hydrogens is 296 g/mol. The number of non-ortho nitro benzene ring substituents is 1. The molecule has 0 amide bonds. The molecule has 1 aliphatic rings. The number of quaternary nitrogens is 1. The first-order chi connectivity index (χ1) is 10.7. The SMILES string of the molecule is C[N+](C)(C)CCOC1(O)CCC(c2ccc([N+](=O)[O-])cc2)CC1. The van der Waals surface area contributed by atoms with Gasteiger partial charge in [-0.2, -0.15) is 0 Å². The number of nitro groups is 1. The van der Waals surface area contributed by atoms with Crippen molar-refractivity contribution >= 4 is 5.69 Å². The maximum absolute atomic E-state index is 10.7. The molecule has 23 heavy (non-hydrogen) atoms. The molecule has 0 atom stereocenters. The van der Waals surface area contributed by atoms with Crippen LogP contribution in [0, 0.1) is 10.1 Å². The second kappa shape index (κ2) is 6.95. The van der Waals surface area contributed by atoms with Gasteiger partial charge in [0.2, 0.25) is 0 Å². The van der Waals surface area contributed by atoms with E-state index in [0.717, 1.165) is 29.4 Å². The maximum Gasteiger partial charge on any atom is 0.269 e. The first kappa shape index (κ1) is 17.8. The molecule has 1 aromatic carbocycles. The number of likely N-dealkylation sites (N-methyl/N-ethyl adjacent to an activating group) is 1. The number of rotatable bonds is 6. The molecular formula is C17H27N2O4+. The molecule has 0 aromatic heterocycles. The fourth-order valence-electron chi connectivity index (χ4n) is 2.92. The molecule has 0 spiro atoms. The van der Waals surface area contributed by atoms with E-state index in [1.807, 2.05) is 12.1 Å². The zero-order valence-corrected chi connectivity index (χ0v) is 14.2. The van der Waals surface area contributed by atoms with Crippen molar-refractivity contribution in [3.8, 4) is 0 Å². The molecule has 0 heterocycles. The molecule has 1 aromatic rings. The number of ether oxygens (including phenoxy) is 1. The summed E-state index contributed by atoms with van der Waals surface area (Å²) in [6.07, 6.45) is 2.87. The minimum Gasteiger partial charge on any atom is -0.365 e. The van der Waals surface area contributed by atoms with E-state index < -0.39 is 5.79 Å². The van der Waals surface area contributed by atoms with Crippen LogP contribution in [0.3, 0.4) is 0 Å². The van der Waals surface area contributed by atoms with Crippen LogP contribution in [-0.2, 0) is 4.74 Å². The summed E-state index contributed by atoms with van der Waals surface area (Å²) in [5, 5.41) is 21.2. The normalized spacial score (nSPS) is 25.3. The molecule has 0 aliphatic heterocycles. The van der Waals surface area contributed by atoms with Crippen molar-refractivity contribution in [3.63, 3.8) is 0 Å². The van der Waals surface area contributed by atoms with Gasteiger partial charge < -0.3 is 14.3 Å². The van der Waals surface area contributed by atoms with Gasteiger partial charge in [-0.1, -0.05) is 12.1 Å². The second-order valence-corrected chi connectivity index (χ2v) is 7.43. The molecule has 2 rings (SSSR count). The number of benzene rings is 1. The summed E-state index contributed by atoms with van der Waals surface area (Å²) < 4.78 is 6.54. The second-order valence-electron chi connectivity index (χ2n) is 7.43. The molecule has 1 saturated carbocycles. The van der Waals surface area contributed by atoms with Crippen molar-refractivity contribution < 1.29 is 19.2 Å². The molecule has 6 nitrogen and oxygen atoms in total. The fourth-order valence-corrected chi connectivity index (χ4v) is 2.92. The molecule has 128 valence electrons. The van der Waals surface area contributed by atoms with Gasteiger partial charge in [-0.15, -0.1) is 0 Å². The summed E-state index contributed by atoms with van der Waals surface area (Å²) in [6, 6.07) is 6.75. The van der Waals surface area contributed by atoms with E-state index in [2.05, 4.69) is 21.1 Å². The Morgan fingerprint density at radius 3 is 2.30 bits per heavy atom. The Morgan fingerprint density at radius 1 is 1.26 bits per heavy atom. The Labute approximate surface area is 137 Å². The molecule has 1 fully saturated rings. The van der Waals surface area contributed by atoms with E-state index in [9.17, 15) is 15.2 Å². The van der Waals surface area contributed by atoms with E-state index in [0.29, 0.717) is 25.4 Å². The van der Waals surface area contributed by atoms with Crippen LogP contribution in [0.25, 0.3) is 0 Å². The van der Waals surface area contributed by atoms with Crippen LogP contribution >= 0.6 is 0 Å². The highest BCUT2D eigenvalue weighted by Gasteiger charge is 2.35. The summed E-state index contributed by atoms with van der Waals surface area (Å²) >= 11 is 0. The van der Waals surface area contributed by atoms with Crippen LogP contribution in [0.5, 0.6) is 0 Å². The van der Waals surface area contributed by atoms with Crippen molar-refractivity contribution in [3.05, 3.63) is 39.9 Å². The van der Waals surface area contributed by atoms with Crippen molar-refractivity contribution in [1.82, 2.24) is 0 Å². The monoisotopic (exact) mass is 323 g/mol. The Hall–Kier alpha value is -1.50. The van der Waals surface area contributed by atoms with E-state index in [1.54, 1.807) is 12.1 Å². The molecule has 1 N–H and O–H groups in total. The van der Waals surface area contributed by atoms with Gasteiger partial charge in [0.05, 0.1) is 32.7 Å². The summed E-state index contributed by atoms with van der Waals surface area (Å²) in [6.45, 7) is 1.40. The quantitative estimate of drug-likeness (QED) is 0.378. The van der Waals surface area contributed by atoms with E-state index >= 15 is 0 Å². The average molecular weight is 323 g/mol. The van der Waals surface area contributed by atoms with Crippen LogP contribution in [0.15, 0.2) is 24.3 Å². The van der Waals surface area contributed by atoms with Crippen molar-refractivity contribution in [2.75, 3.05) is 34.3 Å². The average Bonchev–Trinajstić information content (AvgIpc) is 2.46. The maximum atomic E-state index is 10.7. The van der Waals surface area contributed by atoms with E-state index in [-0.39, 0.29) is 10.6 Å². The van der Waals surface area contributed by atoms with Crippen LogP contribution in [-0.4, -0.2) is 54.6 Å². The summed E-state index contributed by atoms with van der Waals surface area (Å²) in [5.74, 6) is -0.690. The Kier molecular flexibility index (Phi) is 5.39. The molecule has 0 bridgehead atoms. The highest BCUT2D eigenvalue weighted by molar-refractivity contribution is 5.34. The third-order valence-corrected chi connectivity index (χ3v) is 4.48. The summed E-state index contributed by atoms with van der Waals surface area (Å²) in [5.41, 5.74) is 1.22. The lowest BCUT2D eigenvalue weighted by atomic mass is 9.81. The first-order valence-electron chi connectivity index (χ1n) is 8.10. The van der Waals surface area contributed by atoms with Crippen molar-refractivity contribution in [1.29, 1.82) is 0 Å². The fraction of sp³-hybridized carbons (Fsp3) is 0.647. The largest absolute Gasteiger partial charge is 0.365 e. The van der Waals surface area contributed by atoms with Gasteiger partial charge in [-0.25, -0.2) is 0 Å². The smallest absolute Gasteiger partial charge is 0.269 e. The number of aliphatic hydroxyl groups is 1. The van der Waals surface area contributed by atoms with Crippen LogP contribution < -0.4 is 0 Å².